The quantitative estimate of drug-likeness (QED) is 0.164. The SMILES string of the molecule is N/C(=N\O)c1nnc(Nc2ccc(Oc3ccccn3)cc2)n(Cc2ccc(Cl)cc2)c1=O. The number of ether oxygens (including phenoxy) is 1. The van der Waals surface area contributed by atoms with Crippen LogP contribution in [0.25, 0.3) is 0 Å². The van der Waals surface area contributed by atoms with Crippen LogP contribution in [0.15, 0.2) is 82.9 Å². The topological polar surface area (TPSA) is 141 Å². The van der Waals surface area contributed by atoms with Crippen LogP contribution < -0.4 is 21.3 Å². The van der Waals surface area contributed by atoms with Crippen molar-refractivity contribution >= 4 is 29.1 Å². The highest BCUT2D eigenvalue weighted by molar-refractivity contribution is 6.30. The van der Waals surface area contributed by atoms with Crippen LogP contribution in [0, 0.1) is 0 Å². The molecule has 2 aromatic heterocycles. The number of hydrogen-bond donors (Lipinski definition) is 3. The second-order valence-electron chi connectivity index (χ2n) is 6.79. The monoisotopic (exact) mass is 463 g/mol. The van der Waals surface area contributed by atoms with Crippen LogP contribution >= 0.6 is 11.6 Å². The Hall–Kier alpha value is -4.44. The summed E-state index contributed by atoms with van der Waals surface area (Å²) in [6.07, 6.45) is 1.64. The van der Waals surface area contributed by atoms with Crippen molar-refractivity contribution in [2.24, 2.45) is 10.9 Å². The summed E-state index contributed by atoms with van der Waals surface area (Å²) in [6.45, 7) is 0.153. The fourth-order valence-corrected chi connectivity index (χ4v) is 3.03. The number of pyridine rings is 1. The van der Waals surface area contributed by atoms with Gasteiger partial charge in [-0.15, -0.1) is 10.2 Å². The Morgan fingerprint density at radius 1 is 1.09 bits per heavy atom. The predicted octanol–water partition coefficient (Wildman–Crippen LogP) is 3.37. The predicted molar refractivity (Wildman–Crippen MR) is 123 cm³/mol. The Morgan fingerprint density at radius 2 is 1.85 bits per heavy atom. The third kappa shape index (κ3) is 5.25. The maximum Gasteiger partial charge on any atom is 0.285 e. The molecule has 0 unspecified atom stereocenters. The minimum atomic E-state index is -0.576. The molecule has 2 aromatic carbocycles. The van der Waals surface area contributed by atoms with Crippen LogP contribution in [0.2, 0.25) is 5.02 Å². The molecule has 10 nitrogen and oxygen atoms in total. The molecule has 0 saturated heterocycles. The van der Waals surface area contributed by atoms with E-state index >= 15 is 0 Å². The molecule has 0 bridgehead atoms. The van der Waals surface area contributed by atoms with Crippen molar-refractivity contribution in [3.8, 4) is 11.6 Å². The van der Waals surface area contributed by atoms with Crippen molar-refractivity contribution in [3.63, 3.8) is 0 Å². The molecule has 11 heteroatoms. The molecular formula is C22H18ClN7O3. The zero-order chi connectivity index (χ0) is 23.2. The van der Waals surface area contributed by atoms with Gasteiger partial charge in [0.25, 0.3) is 5.56 Å². The van der Waals surface area contributed by atoms with E-state index < -0.39 is 11.4 Å². The molecular weight excluding hydrogens is 446 g/mol. The minimum absolute atomic E-state index is 0.153. The number of nitrogens with two attached hydrogens (primary N) is 1. The molecule has 166 valence electrons. The number of rotatable bonds is 7. The van der Waals surface area contributed by atoms with Gasteiger partial charge in [0.1, 0.15) is 5.75 Å². The van der Waals surface area contributed by atoms with Crippen LogP contribution in [-0.4, -0.2) is 30.8 Å². The molecule has 0 aliphatic heterocycles. The summed E-state index contributed by atoms with van der Waals surface area (Å²) in [5.74, 6) is 0.800. The lowest BCUT2D eigenvalue weighted by molar-refractivity contribution is 0.318. The molecule has 0 aliphatic carbocycles. The van der Waals surface area contributed by atoms with Gasteiger partial charge in [-0.05, 0) is 48.0 Å². The smallest absolute Gasteiger partial charge is 0.285 e. The Kier molecular flexibility index (Phi) is 6.46. The summed E-state index contributed by atoms with van der Waals surface area (Å²) < 4.78 is 7.02. The van der Waals surface area contributed by atoms with Crippen LogP contribution in [0.3, 0.4) is 0 Å². The van der Waals surface area contributed by atoms with E-state index in [9.17, 15) is 4.79 Å². The van der Waals surface area contributed by atoms with Crippen molar-refractivity contribution in [2.75, 3.05) is 5.32 Å². The first kappa shape index (κ1) is 21.8. The maximum absolute atomic E-state index is 13.0. The minimum Gasteiger partial charge on any atom is -0.439 e. The molecule has 0 aliphatic rings. The maximum atomic E-state index is 13.0. The normalized spacial score (nSPS) is 11.2. The molecule has 4 rings (SSSR count). The summed E-state index contributed by atoms with van der Waals surface area (Å²) in [5, 5.41) is 23.3. The molecule has 0 fully saturated rings. The number of aromatic nitrogens is 4. The summed E-state index contributed by atoms with van der Waals surface area (Å²) in [6, 6.07) is 19.4. The third-order valence-electron chi connectivity index (χ3n) is 4.52. The number of halogens is 1. The average molecular weight is 464 g/mol. The third-order valence-corrected chi connectivity index (χ3v) is 4.78. The second-order valence-corrected chi connectivity index (χ2v) is 7.23. The van der Waals surface area contributed by atoms with Gasteiger partial charge in [0, 0.05) is 23.0 Å². The molecule has 0 atom stereocenters. The summed E-state index contributed by atoms with van der Waals surface area (Å²) >= 11 is 5.96. The van der Waals surface area contributed by atoms with Crippen LogP contribution in [0.1, 0.15) is 11.3 Å². The van der Waals surface area contributed by atoms with E-state index in [0.29, 0.717) is 22.3 Å². The van der Waals surface area contributed by atoms with Crippen molar-refractivity contribution in [3.05, 3.63) is 99.6 Å². The van der Waals surface area contributed by atoms with Gasteiger partial charge in [-0.3, -0.25) is 9.36 Å². The fraction of sp³-hybridized carbons (Fsp3) is 0.0455. The van der Waals surface area contributed by atoms with Crippen LogP contribution in [0.5, 0.6) is 11.6 Å². The fourth-order valence-electron chi connectivity index (χ4n) is 2.90. The van der Waals surface area contributed by atoms with Crippen LogP contribution in [-0.2, 0) is 6.54 Å². The van der Waals surface area contributed by atoms with Gasteiger partial charge >= 0.3 is 0 Å². The number of anilines is 2. The standard InChI is InChI=1S/C22H18ClN7O3/c23-15-6-4-14(5-7-15)13-30-21(31)19(20(24)29-32)27-28-22(30)26-16-8-10-17(11-9-16)33-18-3-1-2-12-25-18/h1-12,32H,13H2,(H2,24,29)(H,26,28). The van der Waals surface area contributed by atoms with E-state index in [2.05, 4.69) is 25.7 Å². The van der Waals surface area contributed by atoms with Crippen molar-refractivity contribution in [1.29, 1.82) is 0 Å². The Bertz CT molecular complexity index is 1330. The van der Waals surface area contributed by atoms with Crippen LogP contribution in [0.4, 0.5) is 11.6 Å². The van der Waals surface area contributed by atoms with E-state index in [0.717, 1.165) is 5.56 Å². The molecule has 0 saturated carbocycles. The number of oxime groups is 1. The van der Waals surface area contributed by atoms with Gasteiger partial charge in [0.15, 0.2) is 11.5 Å². The van der Waals surface area contributed by atoms with Gasteiger partial charge in [-0.2, -0.15) is 0 Å². The summed E-state index contributed by atoms with van der Waals surface area (Å²) in [4.78, 5) is 17.1. The van der Waals surface area contributed by atoms with E-state index in [4.69, 9.17) is 27.3 Å². The average Bonchev–Trinajstić information content (AvgIpc) is 2.84. The number of hydrogen-bond acceptors (Lipinski definition) is 8. The first-order valence-electron chi connectivity index (χ1n) is 9.69. The summed E-state index contributed by atoms with van der Waals surface area (Å²) in [7, 11) is 0. The summed E-state index contributed by atoms with van der Waals surface area (Å²) in [5.41, 5.74) is 6.17. The van der Waals surface area contributed by atoms with E-state index in [1.54, 1.807) is 66.9 Å². The Labute approximate surface area is 193 Å². The molecule has 4 aromatic rings. The Balaban J connectivity index is 1.63. The van der Waals surface area contributed by atoms with Gasteiger partial charge in [-0.25, -0.2) is 4.98 Å². The van der Waals surface area contributed by atoms with Crippen molar-refractivity contribution in [2.45, 2.75) is 6.54 Å². The van der Waals surface area contributed by atoms with Crippen molar-refractivity contribution in [1.82, 2.24) is 19.7 Å². The lowest BCUT2D eigenvalue weighted by Crippen LogP contribution is -2.34. The lowest BCUT2D eigenvalue weighted by atomic mass is 10.2. The first-order valence-corrected chi connectivity index (χ1v) is 10.1. The highest BCUT2D eigenvalue weighted by atomic mass is 35.5. The molecule has 2 heterocycles. The van der Waals surface area contributed by atoms with E-state index in [1.165, 1.54) is 4.57 Å². The van der Waals surface area contributed by atoms with Gasteiger partial charge in [-0.1, -0.05) is 35.0 Å². The molecule has 33 heavy (non-hydrogen) atoms. The van der Waals surface area contributed by atoms with E-state index in [1.807, 2.05) is 6.07 Å². The highest BCUT2D eigenvalue weighted by Crippen LogP contribution is 2.22. The first-order chi connectivity index (χ1) is 16.0. The van der Waals surface area contributed by atoms with Gasteiger partial charge in [0.05, 0.1) is 6.54 Å². The molecule has 4 N–H and O–H groups in total. The van der Waals surface area contributed by atoms with Crippen molar-refractivity contribution < 1.29 is 9.94 Å². The number of benzene rings is 2. The zero-order valence-electron chi connectivity index (χ0n) is 17.1. The zero-order valence-corrected chi connectivity index (χ0v) is 17.8. The number of amidine groups is 1. The Morgan fingerprint density at radius 3 is 2.52 bits per heavy atom. The highest BCUT2D eigenvalue weighted by Gasteiger charge is 2.16. The van der Waals surface area contributed by atoms with Gasteiger partial charge < -0.3 is 21.0 Å². The molecule has 0 radical (unpaired) electrons. The molecule has 0 spiro atoms. The van der Waals surface area contributed by atoms with E-state index in [-0.39, 0.29) is 18.2 Å². The number of nitrogens with one attached hydrogen (secondary N) is 1. The van der Waals surface area contributed by atoms with Gasteiger partial charge in [0.2, 0.25) is 11.8 Å². The largest absolute Gasteiger partial charge is 0.439 e. The number of nitrogens with zero attached hydrogens (tertiary/aromatic N) is 5. The lowest BCUT2D eigenvalue weighted by Gasteiger charge is -2.14. The molecule has 0 amide bonds. The second kappa shape index (κ2) is 9.79.